The SMILES string of the molecule is N#Cc1c(-c2ccc(C(F)(F)F)cc2)nc2n1CCN(C(=O)[C@@H](N)CCC(N)=O)C2. The second-order valence-electron chi connectivity index (χ2n) is 6.94. The number of carbonyl (C=O) groups is 2. The second-order valence-corrected chi connectivity index (χ2v) is 6.94. The smallest absolute Gasteiger partial charge is 0.370 e. The summed E-state index contributed by atoms with van der Waals surface area (Å²) in [5.74, 6) is -0.476. The minimum Gasteiger partial charge on any atom is -0.370 e. The molecule has 1 aliphatic heterocycles. The Kier molecular flexibility index (Phi) is 5.80. The highest BCUT2D eigenvalue weighted by Gasteiger charge is 2.31. The van der Waals surface area contributed by atoms with Gasteiger partial charge in [-0.05, 0) is 18.6 Å². The highest BCUT2D eigenvalue weighted by Crippen LogP contribution is 2.32. The number of nitrogens with zero attached hydrogens (tertiary/aromatic N) is 4. The van der Waals surface area contributed by atoms with Crippen LogP contribution in [0.1, 0.15) is 29.9 Å². The lowest BCUT2D eigenvalue weighted by Gasteiger charge is -2.30. The van der Waals surface area contributed by atoms with E-state index in [-0.39, 0.29) is 43.2 Å². The first-order chi connectivity index (χ1) is 14.1. The van der Waals surface area contributed by atoms with Gasteiger partial charge in [-0.2, -0.15) is 18.4 Å². The van der Waals surface area contributed by atoms with Crippen LogP contribution in [0.3, 0.4) is 0 Å². The maximum atomic E-state index is 12.8. The summed E-state index contributed by atoms with van der Waals surface area (Å²) in [6, 6.07) is 5.56. The van der Waals surface area contributed by atoms with Gasteiger partial charge in [0.2, 0.25) is 11.8 Å². The zero-order valence-electron chi connectivity index (χ0n) is 15.8. The van der Waals surface area contributed by atoms with Crippen molar-refractivity contribution < 1.29 is 22.8 Å². The topological polar surface area (TPSA) is 131 Å². The lowest BCUT2D eigenvalue weighted by Crippen LogP contribution is -2.47. The molecular formula is C19H19F3N6O2. The third kappa shape index (κ3) is 4.28. The Morgan fingerprint density at radius 2 is 1.90 bits per heavy atom. The lowest BCUT2D eigenvalue weighted by atomic mass is 10.1. The molecule has 3 rings (SSSR count). The Balaban J connectivity index is 1.83. The fourth-order valence-corrected chi connectivity index (χ4v) is 3.31. The number of primary amides is 1. The molecule has 0 unspecified atom stereocenters. The number of benzene rings is 1. The Labute approximate surface area is 169 Å². The van der Waals surface area contributed by atoms with E-state index in [9.17, 15) is 28.0 Å². The molecule has 8 nitrogen and oxygen atoms in total. The number of hydrogen-bond acceptors (Lipinski definition) is 5. The molecule has 0 spiro atoms. The molecule has 0 radical (unpaired) electrons. The fraction of sp³-hybridized carbons (Fsp3) is 0.368. The van der Waals surface area contributed by atoms with E-state index in [1.54, 1.807) is 4.57 Å². The number of hydrogen-bond donors (Lipinski definition) is 2. The highest BCUT2D eigenvalue weighted by atomic mass is 19.4. The van der Waals surface area contributed by atoms with Crippen LogP contribution in [-0.4, -0.2) is 38.9 Å². The standard InChI is InChI=1S/C19H19F3N6O2/c20-19(21,22)12-3-1-11(2-4-12)17-14(9-23)28-8-7-27(10-16(28)26-17)18(30)13(24)5-6-15(25)29/h1-4,13H,5-8,10,24H2,(H2,25,29)/t13-/m0/s1. The van der Waals surface area contributed by atoms with Crippen LogP contribution >= 0.6 is 0 Å². The maximum absolute atomic E-state index is 12.8. The third-order valence-electron chi connectivity index (χ3n) is 4.89. The number of amides is 2. The summed E-state index contributed by atoms with van der Waals surface area (Å²) in [7, 11) is 0. The van der Waals surface area contributed by atoms with Gasteiger partial charge in [-0.25, -0.2) is 4.98 Å². The summed E-state index contributed by atoms with van der Waals surface area (Å²) in [6.45, 7) is 0.673. The van der Waals surface area contributed by atoms with Gasteiger partial charge in [-0.15, -0.1) is 0 Å². The van der Waals surface area contributed by atoms with E-state index in [0.717, 1.165) is 12.1 Å². The van der Waals surface area contributed by atoms with Gasteiger partial charge in [0.1, 0.15) is 23.3 Å². The minimum absolute atomic E-state index is 0.00791. The first-order valence-corrected chi connectivity index (χ1v) is 9.11. The molecule has 0 fully saturated rings. The average Bonchev–Trinajstić information content (AvgIpc) is 3.08. The van der Waals surface area contributed by atoms with Crippen LogP contribution in [0.25, 0.3) is 11.3 Å². The van der Waals surface area contributed by atoms with E-state index < -0.39 is 23.7 Å². The summed E-state index contributed by atoms with van der Waals surface area (Å²) in [5, 5.41) is 9.56. The second kappa shape index (κ2) is 8.16. The predicted octanol–water partition coefficient (Wildman–Crippen LogP) is 1.38. The molecule has 1 aromatic heterocycles. The van der Waals surface area contributed by atoms with Gasteiger partial charge < -0.3 is 20.9 Å². The van der Waals surface area contributed by atoms with Crippen LogP contribution < -0.4 is 11.5 Å². The van der Waals surface area contributed by atoms with Crippen LogP contribution in [0.5, 0.6) is 0 Å². The van der Waals surface area contributed by atoms with Crippen molar-refractivity contribution in [2.75, 3.05) is 6.54 Å². The van der Waals surface area contributed by atoms with Crippen LogP contribution in [-0.2, 0) is 28.9 Å². The van der Waals surface area contributed by atoms with Crippen molar-refractivity contribution >= 4 is 11.8 Å². The number of alkyl halides is 3. The molecule has 2 amide bonds. The van der Waals surface area contributed by atoms with Gasteiger partial charge in [-0.1, -0.05) is 12.1 Å². The summed E-state index contributed by atoms with van der Waals surface area (Å²) in [4.78, 5) is 29.3. The van der Waals surface area contributed by atoms with Crippen molar-refractivity contribution in [1.82, 2.24) is 14.5 Å². The normalized spacial score (nSPS) is 14.7. The summed E-state index contributed by atoms with van der Waals surface area (Å²) < 4.78 is 40.0. The third-order valence-corrected chi connectivity index (χ3v) is 4.89. The number of aromatic nitrogens is 2. The number of nitriles is 1. The molecule has 1 atom stereocenters. The van der Waals surface area contributed by atoms with Crippen molar-refractivity contribution in [2.45, 2.75) is 38.1 Å². The zero-order chi connectivity index (χ0) is 22.1. The molecule has 1 aliphatic rings. The Hall–Kier alpha value is -3.39. The molecule has 2 aromatic rings. The monoisotopic (exact) mass is 420 g/mol. The lowest BCUT2D eigenvalue weighted by molar-refractivity contribution is -0.137. The van der Waals surface area contributed by atoms with Crippen LogP contribution in [0.2, 0.25) is 0 Å². The molecule has 30 heavy (non-hydrogen) atoms. The van der Waals surface area contributed by atoms with Crippen LogP contribution in [0.15, 0.2) is 24.3 Å². The first-order valence-electron chi connectivity index (χ1n) is 9.11. The van der Waals surface area contributed by atoms with E-state index in [1.165, 1.54) is 17.0 Å². The molecule has 158 valence electrons. The molecule has 0 saturated carbocycles. The van der Waals surface area contributed by atoms with Gasteiger partial charge in [0.05, 0.1) is 18.2 Å². The quantitative estimate of drug-likeness (QED) is 0.754. The van der Waals surface area contributed by atoms with Crippen molar-refractivity contribution in [2.24, 2.45) is 11.5 Å². The molecule has 0 saturated heterocycles. The molecule has 11 heteroatoms. The number of nitrogens with two attached hydrogens (primary N) is 2. The summed E-state index contributed by atoms with van der Waals surface area (Å²) in [5.41, 5.74) is 11.0. The van der Waals surface area contributed by atoms with Gasteiger partial charge >= 0.3 is 6.18 Å². The predicted molar refractivity (Wildman–Crippen MR) is 99.2 cm³/mol. The number of fused-ring (bicyclic) bond motifs is 1. The number of rotatable bonds is 5. The number of imidazole rings is 1. The Bertz CT molecular complexity index is 1010. The van der Waals surface area contributed by atoms with Gasteiger partial charge in [0.25, 0.3) is 0 Å². The average molecular weight is 420 g/mol. The highest BCUT2D eigenvalue weighted by molar-refractivity contribution is 5.83. The molecule has 4 N–H and O–H groups in total. The van der Waals surface area contributed by atoms with Crippen LogP contribution in [0, 0.1) is 11.3 Å². The summed E-state index contributed by atoms with van der Waals surface area (Å²) in [6.07, 6.45) is -4.34. The summed E-state index contributed by atoms with van der Waals surface area (Å²) >= 11 is 0. The minimum atomic E-state index is -4.46. The fourth-order valence-electron chi connectivity index (χ4n) is 3.31. The van der Waals surface area contributed by atoms with E-state index in [2.05, 4.69) is 4.98 Å². The van der Waals surface area contributed by atoms with Crippen molar-refractivity contribution in [3.63, 3.8) is 0 Å². The molecule has 0 aliphatic carbocycles. The Morgan fingerprint density at radius 3 is 2.47 bits per heavy atom. The van der Waals surface area contributed by atoms with Gasteiger partial charge in [0, 0.05) is 25.1 Å². The Morgan fingerprint density at radius 1 is 1.23 bits per heavy atom. The molecular weight excluding hydrogens is 401 g/mol. The number of halogens is 3. The van der Waals surface area contributed by atoms with Crippen molar-refractivity contribution in [3.8, 4) is 17.3 Å². The van der Waals surface area contributed by atoms with E-state index in [4.69, 9.17) is 11.5 Å². The molecule has 1 aromatic carbocycles. The van der Waals surface area contributed by atoms with Gasteiger partial charge in [0.15, 0.2) is 0 Å². The maximum Gasteiger partial charge on any atom is 0.416 e. The van der Waals surface area contributed by atoms with E-state index in [0.29, 0.717) is 17.9 Å². The van der Waals surface area contributed by atoms with Gasteiger partial charge in [-0.3, -0.25) is 9.59 Å². The van der Waals surface area contributed by atoms with E-state index in [1.807, 2.05) is 6.07 Å². The van der Waals surface area contributed by atoms with Crippen molar-refractivity contribution in [1.29, 1.82) is 5.26 Å². The molecule has 0 bridgehead atoms. The van der Waals surface area contributed by atoms with Crippen molar-refractivity contribution in [3.05, 3.63) is 41.3 Å². The zero-order valence-corrected chi connectivity index (χ0v) is 15.8. The largest absolute Gasteiger partial charge is 0.416 e. The first kappa shape index (κ1) is 21.3. The molecule has 2 heterocycles. The van der Waals surface area contributed by atoms with Crippen LogP contribution in [0.4, 0.5) is 13.2 Å². The van der Waals surface area contributed by atoms with E-state index >= 15 is 0 Å². The number of carbonyl (C=O) groups excluding carboxylic acids is 2.